The van der Waals surface area contributed by atoms with Gasteiger partial charge in [-0.15, -0.1) is 0 Å². The van der Waals surface area contributed by atoms with E-state index in [1.165, 1.54) is 11.4 Å². The highest BCUT2D eigenvalue weighted by Gasteiger charge is 2.29. The maximum atomic E-state index is 13.4. The Labute approximate surface area is 215 Å². The van der Waals surface area contributed by atoms with E-state index in [0.717, 1.165) is 11.8 Å². The molecule has 0 saturated carbocycles. The van der Waals surface area contributed by atoms with Crippen molar-refractivity contribution in [3.8, 4) is 5.75 Å². The Bertz CT molecular complexity index is 1090. The fourth-order valence-electron chi connectivity index (χ4n) is 3.89. The van der Waals surface area contributed by atoms with Gasteiger partial charge in [0.15, 0.2) is 0 Å². The molecule has 0 aromatic heterocycles. The van der Waals surface area contributed by atoms with Crippen LogP contribution < -0.4 is 14.4 Å². The molecule has 0 heterocycles. The van der Waals surface area contributed by atoms with Gasteiger partial charge < -0.3 is 15.0 Å². The first kappa shape index (κ1) is 29.2. The van der Waals surface area contributed by atoms with Gasteiger partial charge in [0.1, 0.15) is 11.8 Å². The van der Waals surface area contributed by atoms with Crippen molar-refractivity contribution < 1.29 is 22.7 Å². The Hall–Kier alpha value is -3.07. The fraction of sp³-hybridized carbons (Fsp3) is 0.481. The molecule has 2 rings (SSSR count). The Morgan fingerprint density at radius 1 is 1.06 bits per heavy atom. The van der Waals surface area contributed by atoms with Gasteiger partial charge in [-0.25, -0.2) is 8.42 Å². The molecule has 1 atom stereocenters. The summed E-state index contributed by atoms with van der Waals surface area (Å²) < 4.78 is 31.5. The average molecular weight is 518 g/mol. The average Bonchev–Trinajstić information content (AvgIpc) is 2.84. The number of carbonyl (C=O) groups is 2. The number of hydrogen-bond acceptors (Lipinski definition) is 5. The molecule has 0 aliphatic heterocycles. The van der Waals surface area contributed by atoms with E-state index in [0.29, 0.717) is 43.3 Å². The first-order valence-corrected chi connectivity index (χ1v) is 14.1. The number of nitrogens with one attached hydrogen (secondary N) is 1. The molecular weight excluding hydrogens is 478 g/mol. The van der Waals surface area contributed by atoms with Crippen molar-refractivity contribution in [1.82, 2.24) is 10.2 Å². The Balaban J connectivity index is 2.19. The molecule has 0 aliphatic carbocycles. The number of anilines is 1. The van der Waals surface area contributed by atoms with E-state index in [-0.39, 0.29) is 24.8 Å². The molecule has 0 unspecified atom stereocenters. The molecule has 8 nitrogen and oxygen atoms in total. The van der Waals surface area contributed by atoms with E-state index in [4.69, 9.17) is 4.74 Å². The van der Waals surface area contributed by atoms with Crippen molar-refractivity contribution in [2.45, 2.75) is 52.6 Å². The second kappa shape index (κ2) is 13.9. The van der Waals surface area contributed by atoms with Gasteiger partial charge in [0.2, 0.25) is 21.8 Å². The largest absolute Gasteiger partial charge is 0.497 e. The summed E-state index contributed by atoms with van der Waals surface area (Å²) in [5.74, 6) is 0.474. The molecule has 0 spiro atoms. The van der Waals surface area contributed by atoms with E-state index in [1.807, 2.05) is 51.1 Å². The van der Waals surface area contributed by atoms with Crippen LogP contribution in [0.15, 0.2) is 54.6 Å². The summed E-state index contributed by atoms with van der Waals surface area (Å²) >= 11 is 0. The van der Waals surface area contributed by atoms with Gasteiger partial charge in [-0.1, -0.05) is 57.2 Å². The zero-order valence-electron chi connectivity index (χ0n) is 21.9. The summed E-state index contributed by atoms with van der Waals surface area (Å²) in [5, 5.41) is 2.95. The SMILES string of the molecule is CC[C@@H](C(=O)NCC(C)C)N(Cc1ccccc1)C(=O)CCCN(c1cccc(OC)c1)S(C)(=O)=O. The molecule has 2 amide bonds. The van der Waals surface area contributed by atoms with Gasteiger partial charge in [0.05, 0.1) is 19.1 Å². The van der Waals surface area contributed by atoms with Gasteiger partial charge in [-0.3, -0.25) is 13.9 Å². The molecular formula is C27H39N3O5S. The van der Waals surface area contributed by atoms with Crippen molar-refractivity contribution in [3.63, 3.8) is 0 Å². The van der Waals surface area contributed by atoms with Crippen LogP contribution in [0.2, 0.25) is 0 Å². The highest BCUT2D eigenvalue weighted by molar-refractivity contribution is 7.92. The maximum absolute atomic E-state index is 13.4. The Morgan fingerprint density at radius 2 is 1.75 bits per heavy atom. The van der Waals surface area contributed by atoms with Gasteiger partial charge in [0.25, 0.3) is 0 Å². The number of amides is 2. The summed E-state index contributed by atoms with van der Waals surface area (Å²) in [6, 6.07) is 15.7. The molecule has 0 saturated heterocycles. The van der Waals surface area contributed by atoms with Crippen LogP contribution in [-0.4, -0.2) is 57.6 Å². The molecule has 2 aromatic rings. The van der Waals surface area contributed by atoms with Crippen LogP contribution in [0.4, 0.5) is 5.69 Å². The Morgan fingerprint density at radius 3 is 2.33 bits per heavy atom. The van der Waals surface area contributed by atoms with E-state index in [1.54, 1.807) is 29.2 Å². The number of sulfonamides is 1. The summed E-state index contributed by atoms with van der Waals surface area (Å²) in [4.78, 5) is 28.0. The number of methoxy groups -OCH3 is 1. The lowest BCUT2D eigenvalue weighted by molar-refractivity contribution is -0.141. The van der Waals surface area contributed by atoms with Gasteiger partial charge in [0, 0.05) is 32.1 Å². The smallest absolute Gasteiger partial charge is 0.242 e. The summed E-state index contributed by atoms with van der Waals surface area (Å²) in [6.07, 6.45) is 2.03. The number of nitrogens with zero attached hydrogens (tertiary/aromatic N) is 2. The second-order valence-corrected chi connectivity index (χ2v) is 11.1. The minimum absolute atomic E-state index is 0.108. The lowest BCUT2D eigenvalue weighted by Gasteiger charge is -2.31. The normalized spacial score (nSPS) is 12.2. The zero-order chi connectivity index (χ0) is 26.7. The van der Waals surface area contributed by atoms with Crippen molar-refractivity contribution in [1.29, 1.82) is 0 Å². The van der Waals surface area contributed by atoms with Gasteiger partial charge >= 0.3 is 0 Å². The van der Waals surface area contributed by atoms with Crippen LogP contribution in [-0.2, 0) is 26.2 Å². The number of carbonyl (C=O) groups excluding carboxylic acids is 2. The molecule has 36 heavy (non-hydrogen) atoms. The fourth-order valence-corrected chi connectivity index (χ4v) is 4.85. The van der Waals surface area contributed by atoms with Crippen LogP contribution >= 0.6 is 0 Å². The third-order valence-corrected chi connectivity index (χ3v) is 6.95. The summed E-state index contributed by atoms with van der Waals surface area (Å²) in [6.45, 7) is 6.89. The number of ether oxygens (including phenoxy) is 1. The maximum Gasteiger partial charge on any atom is 0.242 e. The third-order valence-electron chi connectivity index (χ3n) is 5.76. The van der Waals surface area contributed by atoms with E-state index in [9.17, 15) is 18.0 Å². The number of hydrogen-bond donors (Lipinski definition) is 1. The quantitative estimate of drug-likeness (QED) is 0.411. The molecule has 2 aromatic carbocycles. The van der Waals surface area contributed by atoms with E-state index >= 15 is 0 Å². The lowest BCUT2D eigenvalue weighted by Crippen LogP contribution is -2.49. The molecule has 1 N–H and O–H groups in total. The number of rotatable bonds is 14. The van der Waals surface area contributed by atoms with Gasteiger partial charge in [-0.2, -0.15) is 0 Å². The standard InChI is InChI=1S/C27H39N3O5S/c1-6-25(27(32)28-19-21(2)3)29(20-22-12-8-7-9-13-22)26(31)16-11-17-30(36(5,33)34)23-14-10-15-24(18-23)35-4/h7-10,12-15,18,21,25H,6,11,16-17,19-20H2,1-5H3,(H,28,32)/t25-/m0/s1. The van der Waals surface area contributed by atoms with E-state index in [2.05, 4.69) is 5.32 Å². The molecule has 0 bridgehead atoms. The molecule has 0 fully saturated rings. The lowest BCUT2D eigenvalue weighted by atomic mass is 10.1. The summed E-state index contributed by atoms with van der Waals surface area (Å²) in [5.41, 5.74) is 1.40. The minimum atomic E-state index is -3.57. The Kier molecular flexibility index (Phi) is 11.2. The minimum Gasteiger partial charge on any atom is -0.497 e. The van der Waals surface area contributed by atoms with Crippen LogP contribution in [0.3, 0.4) is 0 Å². The van der Waals surface area contributed by atoms with Crippen LogP contribution in [0, 0.1) is 5.92 Å². The second-order valence-electron chi connectivity index (χ2n) is 9.21. The molecule has 0 radical (unpaired) electrons. The van der Waals surface area contributed by atoms with Gasteiger partial charge in [-0.05, 0) is 36.5 Å². The number of benzene rings is 2. The highest BCUT2D eigenvalue weighted by Crippen LogP contribution is 2.24. The van der Waals surface area contributed by atoms with Crippen molar-refractivity contribution in [2.24, 2.45) is 5.92 Å². The van der Waals surface area contributed by atoms with Crippen LogP contribution in [0.5, 0.6) is 5.75 Å². The summed E-state index contributed by atoms with van der Waals surface area (Å²) in [7, 11) is -2.05. The van der Waals surface area contributed by atoms with Crippen LogP contribution in [0.25, 0.3) is 0 Å². The zero-order valence-corrected chi connectivity index (χ0v) is 22.8. The highest BCUT2D eigenvalue weighted by atomic mass is 32.2. The topological polar surface area (TPSA) is 96.0 Å². The molecule has 9 heteroatoms. The van der Waals surface area contributed by atoms with Crippen LogP contribution in [0.1, 0.15) is 45.6 Å². The first-order valence-electron chi connectivity index (χ1n) is 12.3. The van der Waals surface area contributed by atoms with Crippen molar-refractivity contribution in [3.05, 3.63) is 60.2 Å². The predicted molar refractivity (Wildman–Crippen MR) is 143 cm³/mol. The van der Waals surface area contributed by atoms with Crippen molar-refractivity contribution in [2.75, 3.05) is 30.8 Å². The predicted octanol–water partition coefficient (Wildman–Crippen LogP) is 3.82. The third kappa shape index (κ3) is 8.86. The molecule has 198 valence electrons. The molecule has 0 aliphatic rings. The van der Waals surface area contributed by atoms with E-state index < -0.39 is 16.1 Å². The first-order chi connectivity index (χ1) is 17.1. The monoisotopic (exact) mass is 517 g/mol. The van der Waals surface area contributed by atoms with Crippen molar-refractivity contribution >= 4 is 27.5 Å².